The summed E-state index contributed by atoms with van der Waals surface area (Å²) in [6.45, 7) is 3.31. The van der Waals surface area contributed by atoms with Crippen LogP contribution in [-0.2, 0) is 14.3 Å². The quantitative estimate of drug-likeness (QED) is 0.791. The highest BCUT2D eigenvalue weighted by molar-refractivity contribution is 6.07. The molecule has 28 heavy (non-hydrogen) atoms. The highest BCUT2D eigenvalue weighted by Gasteiger charge is 2.27. The van der Waals surface area contributed by atoms with Crippen LogP contribution >= 0.6 is 0 Å². The van der Waals surface area contributed by atoms with E-state index in [1.165, 1.54) is 14.2 Å². The van der Waals surface area contributed by atoms with Gasteiger partial charge in [-0.15, -0.1) is 0 Å². The molecule has 0 spiro atoms. The van der Waals surface area contributed by atoms with Crippen LogP contribution in [0.15, 0.2) is 24.3 Å². The maximum atomic E-state index is 12.4. The molecule has 0 saturated carbocycles. The van der Waals surface area contributed by atoms with Gasteiger partial charge < -0.3 is 14.8 Å². The molecule has 0 aliphatic rings. The smallest absolute Gasteiger partial charge is 0.340 e. The van der Waals surface area contributed by atoms with E-state index in [2.05, 4.69) is 10.3 Å². The summed E-state index contributed by atoms with van der Waals surface area (Å²) in [5.74, 6) is -1.69. The van der Waals surface area contributed by atoms with Crippen LogP contribution in [0.25, 0.3) is 11.1 Å². The lowest BCUT2D eigenvalue weighted by Crippen LogP contribution is -2.16. The number of methoxy groups -OCH3 is 2. The average molecular weight is 381 g/mol. The number of carbonyl (C=O) groups excluding carboxylic acids is 3. The molecule has 0 aliphatic heterocycles. The van der Waals surface area contributed by atoms with Gasteiger partial charge in [-0.1, -0.05) is 12.1 Å². The van der Waals surface area contributed by atoms with Crippen LogP contribution < -0.4 is 5.32 Å². The molecule has 0 unspecified atom stereocenters. The zero-order chi connectivity index (χ0) is 20.8. The van der Waals surface area contributed by atoms with Gasteiger partial charge in [-0.3, -0.25) is 9.78 Å². The summed E-state index contributed by atoms with van der Waals surface area (Å²) in [5, 5.41) is 11.2. The number of carbonyl (C=O) groups is 3. The van der Waals surface area contributed by atoms with Crippen molar-refractivity contribution in [1.82, 2.24) is 4.98 Å². The fraction of sp³-hybridized carbons (Fsp3) is 0.250. The zero-order valence-electron chi connectivity index (χ0n) is 16.0. The lowest BCUT2D eigenvalue weighted by Gasteiger charge is -2.17. The molecule has 144 valence electrons. The number of nitrogens with one attached hydrogen (secondary N) is 1. The number of nitriles is 1. The number of rotatable bonds is 5. The molecule has 1 amide bonds. The van der Waals surface area contributed by atoms with Gasteiger partial charge in [0, 0.05) is 11.3 Å². The highest BCUT2D eigenvalue weighted by atomic mass is 16.5. The second kappa shape index (κ2) is 8.77. The van der Waals surface area contributed by atoms with Crippen molar-refractivity contribution in [1.29, 1.82) is 5.26 Å². The minimum absolute atomic E-state index is 0.162. The first-order valence-electron chi connectivity index (χ1n) is 8.29. The first-order valence-corrected chi connectivity index (χ1v) is 8.29. The van der Waals surface area contributed by atoms with E-state index in [1.807, 2.05) is 0 Å². The SMILES string of the molecule is COC(=O)c1c(C)nc(C)c(C(=O)OC)c1-c1ccc(NC(=O)CC#N)cc1. The van der Waals surface area contributed by atoms with Crippen molar-refractivity contribution in [3.63, 3.8) is 0 Å². The second-order valence-electron chi connectivity index (χ2n) is 5.85. The standard InChI is InChI=1S/C20H19N3O5/c1-11-16(19(25)27-3)18(17(12(2)22-11)20(26)28-4)13-5-7-14(8-6-13)23-15(24)9-10-21/h5-8H,9H2,1-4H3,(H,23,24). The maximum absolute atomic E-state index is 12.4. The van der Waals surface area contributed by atoms with E-state index in [1.54, 1.807) is 44.2 Å². The maximum Gasteiger partial charge on any atom is 0.340 e. The topological polar surface area (TPSA) is 118 Å². The molecule has 1 N–H and O–H groups in total. The van der Waals surface area contributed by atoms with Crippen molar-refractivity contribution < 1.29 is 23.9 Å². The number of anilines is 1. The Morgan fingerprint density at radius 2 is 1.50 bits per heavy atom. The summed E-state index contributed by atoms with van der Waals surface area (Å²) in [5.41, 5.74) is 2.53. The van der Waals surface area contributed by atoms with Gasteiger partial charge in [-0.05, 0) is 31.5 Å². The minimum Gasteiger partial charge on any atom is -0.465 e. The molecule has 1 heterocycles. The molecule has 0 aliphatic carbocycles. The fourth-order valence-corrected chi connectivity index (χ4v) is 2.84. The monoisotopic (exact) mass is 381 g/mol. The Balaban J connectivity index is 2.65. The Hall–Kier alpha value is -3.73. The lowest BCUT2D eigenvalue weighted by molar-refractivity contribution is -0.115. The molecule has 1 aromatic carbocycles. The molecule has 0 bridgehead atoms. The van der Waals surface area contributed by atoms with E-state index in [9.17, 15) is 14.4 Å². The summed E-state index contributed by atoms with van der Waals surface area (Å²) in [6, 6.07) is 8.28. The van der Waals surface area contributed by atoms with E-state index in [4.69, 9.17) is 14.7 Å². The van der Waals surface area contributed by atoms with Crippen LogP contribution in [0.1, 0.15) is 38.5 Å². The number of hydrogen-bond acceptors (Lipinski definition) is 7. The fourth-order valence-electron chi connectivity index (χ4n) is 2.84. The Kier molecular flexibility index (Phi) is 6.45. The third kappa shape index (κ3) is 4.15. The lowest BCUT2D eigenvalue weighted by atomic mass is 9.92. The third-order valence-corrected chi connectivity index (χ3v) is 4.04. The Labute approximate surface area is 162 Å². The summed E-state index contributed by atoms with van der Waals surface area (Å²) in [4.78, 5) is 40.6. The predicted molar refractivity (Wildman–Crippen MR) is 101 cm³/mol. The zero-order valence-corrected chi connectivity index (χ0v) is 16.0. The molecule has 0 saturated heterocycles. The number of hydrogen-bond donors (Lipinski definition) is 1. The van der Waals surface area contributed by atoms with E-state index in [0.717, 1.165) is 0 Å². The molecule has 0 fully saturated rings. The molecular formula is C20H19N3O5. The summed E-state index contributed by atoms with van der Waals surface area (Å²) in [7, 11) is 2.49. The first-order chi connectivity index (χ1) is 13.3. The van der Waals surface area contributed by atoms with Crippen LogP contribution in [0.3, 0.4) is 0 Å². The number of aromatic nitrogens is 1. The summed E-state index contributed by atoms with van der Waals surface area (Å²) in [6.07, 6.45) is -0.260. The molecular weight excluding hydrogens is 362 g/mol. The van der Waals surface area contributed by atoms with Gasteiger partial charge in [-0.2, -0.15) is 5.26 Å². The Bertz CT molecular complexity index is 935. The number of ether oxygens (including phenoxy) is 2. The molecule has 1 aromatic heterocycles. The van der Waals surface area contributed by atoms with E-state index < -0.39 is 17.8 Å². The molecule has 2 rings (SSSR count). The normalized spacial score (nSPS) is 9.96. The van der Waals surface area contributed by atoms with Gasteiger partial charge in [0.15, 0.2) is 0 Å². The van der Waals surface area contributed by atoms with Crippen molar-refractivity contribution >= 4 is 23.5 Å². The molecule has 8 nitrogen and oxygen atoms in total. The largest absolute Gasteiger partial charge is 0.465 e. The number of esters is 2. The Morgan fingerprint density at radius 3 is 1.93 bits per heavy atom. The van der Waals surface area contributed by atoms with Crippen molar-refractivity contribution in [2.24, 2.45) is 0 Å². The van der Waals surface area contributed by atoms with Gasteiger partial charge >= 0.3 is 11.9 Å². The van der Waals surface area contributed by atoms with Crippen molar-refractivity contribution in [3.8, 4) is 17.2 Å². The average Bonchev–Trinajstić information content (AvgIpc) is 2.67. The minimum atomic E-state index is -0.628. The van der Waals surface area contributed by atoms with Crippen molar-refractivity contribution in [2.75, 3.05) is 19.5 Å². The molecule has 2 aromatic rings. The first kappa shape index (κ1) is 20.6. The van der Waals surface area contributed by atoms with Crippen LogP contribution in [-0.4, -0.2) is 37.0 Å². The van der Waals surface area contributed by atoms with E-state index in [0.29, 0.717) is 28.2 Å². The van der Waals surface area contributed by atoms with Gasteiger partial charge in [0.2, 0.25) is 5.91 Å². The number of pyridine rings is 1. The van der Waals surface area contributed by atoms with Crippen molar-refractivity contribution in [2.45, 2.75) is 20.3 Å². The summed E-state index contributed by atoms with van der Waals surface area (Å²) >= 11 is 0. The molecule has 0 atom stereocenters. The number of benzene rings is 1. The predicted octanol–water partition coefficient (Wildman–Crippen LogP) is 2.79. The van der Waals surface area contributed by atoms with Crippen LogP contribution in [0.2, 0.25) is 0 Å². The second-order valence-corrected chi connectivity index (χ2v) is 5.85. The Morgan fingerprint density at radius 1 is 1.00 bits per heavy atom. The third-order valence-electron chi connectivity index (χ3n) is 4.04. The number of amides is 1. The van der Waals surface area contributed by atoms with Gasteiger partial charge in [0.25, 0.3) is 0 Å². The number of nitrogens with zero attached hydrogens (tertiary/aromatic N) is 2. The van der Waals surface area contributed by atoms with Gasteiger partial charge in [0.1, 0.15) is 6.42 Å². The van der Waals surface area contributed by atoms with Gasteiger partial charge in [-0.25, -0.2) is 9.59 Å². The van der Waals surface area contributed by atoms with Crippen LogP contribution in [0.4, 0.5) is 5.69 Å². The summed E-state index contributed by atoms with van der Waals surface area (Å²) < 4.78 is 9.74. The number of aryl methyl sites for hydroxylation is 2. The molecule has 0 radical (unpaired) electrons. The molecule has 8 heteroatoms. The van der Waals surface area contributed by atoms with Gasteiger partial charge in [0.05, 0.1) is 42.8 Å². The van der Waals surface area contributed by atoms with Crippen molar-refractivity contribution in [3.05, 3.63) is 46.8 Å². The highest BCUT2D eigenvalue weighted by Crippen LogP contribution is 2.33. The van der Waals surface area contributed by atoms with E-state index in [-0.39, 0.29) is 17.5 Å². The van der Waals surface area contributed by atoms with Crippen LogP contribution in [0, 0.1) is 25.2 Å². The van der Waals surface area contributed by atoms with E-state index >= 15 is 0 Å². The van der Waals surface area contributed by atoms with Crippen LogP contribution in [0.5, 0.6) is 0 Å².